The van der Waals surface area contributed by atoms with Crippen LogP contribution in [-0.2, 0) is 9.53 Å². The third-order valence-corrected chi connectivity index (χ3v) is 5.22. The van der Waals surface area contributed by atoms with Crippen LogP contribution in [0.25, 0.3) is 0 Å². The number of nitrogens with zero attached hydrogens (tertiary/aromatic N) is 2. The second-order valence-corrected chi connectivity index (χ2v) is 6.83. The second-order valence-electron chi connectivity index (χ2n) is 6.83. The van der Waals surface area contributed by atoms with Gasteiger partial charge < -0.3 is 10.1 Å². The first-order valence-corrected chi connectivity index (χ1v) is 8.22. The summed E-state index contributed by atoms with van der Waals surface area (Å²) < 4.78 is 5.15. The summed E-state index contributed by atoms with van der Waals surface area (Å²) in [5.74, 6) is 0.334. The van der Waals surface area contributed by atoms with Gasteiger partial charge in [0.05, 0.1) is 7.11 Å². The maximum atomic E-state index is 12.5. The lowest BCUT2D eigenvalue weighted by molar-refractivity contribution is -0.151. The van der Waals surface area contributed by atoms with Gasteiger partial charge in [0.2, 0.25) is 0 Å². The van der Waals surface area contributed by atoms with E-state index in [0.29, 0.717) is 18.0 Å². The number of likely N-dealkylation sites (N-methyl/N-ethyl adjacent to an activating group) is 2. The first-order chi connectivity index (χ1) is 9.94. The van der Waals surface area contributed by atoms with Crippen molar-refractivity contribution in [2.45, 2.75) is 51.2 Å². The lowest BCUT2D eigenvalue weighted by atomic mass is 9.91. The molecule has 122 valence electrons. The van der Waals surface area contributed by atoms with Crippen molar-refractivity contribution in [1.29, 1.82) is 0 Å². The summed E-state index contributed by atoms with van der Waals surface area (Å²) in [6.45, 7) is 10.2. The summed E-state index contributed by atoms with van der Waals surface area (Å²) in [7, 11) is 3.69. The maximum Gasteiger partial charge on any atom is 0.327 e. The Bertz CT molecular complexity index is 361. The van der Waals surface area contributed by atoms with Crippen LogP contribution in [0.1, 0.15) is 33.6 Å². The van der Waals surface area contributed by atoms with E-state index in [1.807, 2.05) is 0 Å². The number of carbonyl (C=O) groups excluding carboxylic acids is 1. The minimum Gasteiger partial charge on any atom is -0.468 e. The Hall–Kier alpha value is -0.650. The smallest absolute Gasteiger partial charge is 0.327 e. The lowest BCUT2D eigenvalue weighted by Gasteiger charge is -2.45. The van der Waals surface area contributed by atoms with Gasteiger partial charge in [0, 0.05) is 31.7 Å². The molecule has 2 aliphatic rings. The molecule has 3 atom stereocenters. The Labute approximate surface area is 129 Å². The maximum absolute atomic E-state index is 12.5. The lowest BCUT2D eigenvalue weighted by Crippen LogP contribution is -2.65. The molecule has 1 aliphatic heterocycles. The van der Waals surface area contributed by atoms with Crippen LogP contribution >= 0.6 is 0 Å². The highest BCUT2D eigenvalue weighted by atomic mass is 16.5. The number of methoxy groups -OCH3 is 1. The Kier molecular flexibility index (Phi) is 5.28. The number of hydrogen-bond acceptors (Lipinski definition) is 5. The number of rotatable bonds is 6. The Morgan fingerprint density at radius 2 is 1.86 bits per heavy atom. The molecule has 1 aliphatic carbocycles. The number of nitrogens with one attached hydrogen (secondary N) is 1. The minimum absolute atomic E-state index is 0.0916. The fraction of sp³-hybridized carbons (Fsp3) is 0.938. The number of carbonyl (C=O) groups is 1. The van der Waals surface area contributed by atoms with E-state index in [1.165, 1.54) is 7.11 Å². The molecule has 0 aromatic heterocycles. The summed E-state index contributed by atoms with van der Waals surface area (Å²) in [6, 6.07) is 1.04. The van der Waals surface area contributed by atoms with E-state index in [4.69, 9.17) is 4.74 Å². The van der Waals surface area contributed by atoms with Crippen LogP contribution < -0.4 is 5.32 Å². The number of piperazine rings is 1. The van der Waals surface area contributed by atoms with Gasteiger partial charge >= 0.3 is 5.97 Å². The summed E-state index contributed by atoms with van der Waals surface area (Å²) in [6.07, 6.45) is 2.25. The third-order valence-electron chi connectivity index (χ3n) is 5.22. The number of esters is 1. The zero-order chi connectivity index (χ0) is 15.6. The molecule has 21 heavy (non-hydrogen) atoms. The Balaban J connectivity index is 2.13. The zero-order valence-electron chi connectivity index (χ0n) is 14.2. The van der Waals surface area contributed by atoms with Crippen molar-refractivity contribution in [3.8, 4) is 0 Å². The number of hydrogen-bond donors (Lipinski definition) is 1. The molecule has 2 rings (SSSR count). The highest BCUT2D eigenvalue weighted by molar-refractivity contribution is 5.82. The van der Waals surface area contributed by atoms with Crippen LogP contribution in [0.2, 0.25) is 0 Å². The van der Waals surface area contributed by atoms with Crippen molar-refractivity contribution >= 4 is 5.97 Å². The monoisotopic (exact) mass is 297 g/mol. The van der Waals surface area contributed by atoms with Gasteiger partial charge in [-0.3, -0.25) is 9.80 Å². The molecule has 2 fully saturated rings. The summed E-state index contributed by atoms with van der Waals surface area (Å²) >= 11 is 0. The Morgan fingerprint density at radius 3 is 2.29 bits per heavy atom. The minimum atomic E-state index is -0.515. The van der Waals surface area contributed by atoms with E-state index in [0.717, 1.165) is 39.0 Å². The fourth-order valence-corrected chi connectivity index (χ4v) is 3.70. The van der Waals surface area contributed by atoms with E-state index >= 15 is 0 Å². The molecular formula is C16H31N3O2. The van der Waals surface area contributed by atoms with Gasteiger partial charge in [-0.25, -0.2) is 4.79 Å². The van der Waals surface area contributed by atoms with Gasteiger partial charge in [-0.05, 0) is 46.2 Å². The molecule has 1 saturated carbocycles. The van der Waals surface area contributed by atoms with E-state index in [9.17, 15) is 4.79 Å². The van der Waals surface area contributed by atoms with Crippen molar-refractivity contribution in [2.24, 2.45) is 5.92 Å². The van der Waals surface area contributed by atoms with Gasteiger partial charge in [0.1, 0.15) is 5.54 Å². The van der Waals surface area contributed by atoms with Crippen molar-refractivity contribution in [3.63, 3.8) is 0 Å². The van der Waals surface area contributed by atoms with Crippen LogP contribution in [-0.4, -0.2) is 73.7 Å². The molecule has 0 aromatic rings. The average molecular weight is 297 g/mol. The number of ether oxygens (including phenoxy) is 1. The first-order valence-electron chi connectivity index (χ1n) is 8.22. The molecular weight excluding hydrogens is 266 g/mol. The molecule has 0 amide bonds. The van der Waals surface area contributed by atoms with Gasteiger partial charge in [-0.1, -0.05) is 6.92 Å². The van der Waals surface area contributed by atoms with E-state index in [-0.39, 0.29) is 5.97 Å². The van der Waals surface area contributed by atoms with Crippen molar-refractivity contribution < 1.29 is 9.53 Å². The quantitative estimate of drug-likeness (QED) is 0.739. The van der Waals surface area contributed by atoms with Crippen molar-refractivity contribution in [3.05, 3.63) is 0 Å². The van der Waals surface area contributed by atoms with Gasteiger partial charge in [0.25, 0.3) is 0 Å². The highest BCUT2D eigenvalue weighted by Crippen LogP contribution is 2.41. The predicted octanol–water partition coefficient (Wildman–Crippen LogP) is 0.942. The summed E-state index contributed by atoms with van der Waals surface area (Å²) in [5, 5.41) is 3.47. The molecule has 1 N–H and O–H groups in total. The van der Waals surface area contributed by atoms with Crippen molar-refractivity contribution in [1.82, 2.24) is 15.1 Å². The summed E-state index contributed by atoms with van der Waals surface area (Å²) in [4.78, 5) is 17.3. The van der Waals surface area contributed by atoms with E-state index in [1.54, 1.807) is 0 Å². The molecule has 1 heterocycles. The van der Waals surface area contributed by atoms with Crippen molar-refractivity contribution in [2.75, 3.05) is 40.3 Å². The van der Waals surface area contributed by atoms with Crippen LogP contribution in [0.4, 0.5) is 0 Å². The second kappa shape index (κ2) is 6.63. The molecule has 0 spiro atoms. The van der Waals surface area contributed by atoms with Gasteiger partial charge in [-0.2, -0.15) is 0 Å². The van der Waals surface area contributed by atoms with Crippen LogP contribution in [0.15, 0.2) is 0 Å². The predicted molar refractivity (Wildman–Crippen MR) is 84.3 cm³/mol. The van der Waals surface area contributed by atoms with Gasteiger partial charge in [0.15, 0.2) is 0 Å². The summed E-state index contributed by atoms with van der Waals surface area (Å²) in [5.41, 5.74) is -0.515. The fourth-order valence-electron chi connectivity index (χ4n) is 3.70. The molecule has 5 nitrogen and oxygen atoms in total. The van der Waals surface area contributed by atoms with Crippen LogP contribution in [0.5, 0.6) is 0 Å². The molecule has 0 aromatic carbocycles. The molecule has 1 saturated heterocycles. The van der Waals surface area contributed by atoms with E-state index in [2.05, 4.69) is 42.9 Å². The highest BCUT2D eigenvalue weighted by Gasteiger charge is 2.52. The Morgan fingerprint density at radius 1 is 1.29 bits per heavy atom. The van der Waals surface area contributed by atoms with Crippen LogP contribution in [0.3, 0.4) is 0 Å². The van der Waals surface area contributed by atoms with Crippen LogP contribution in [0, 0.1) is 5.92 Å². The third kappa shape index (κ3) is 3.41. The average Bonchev–Trinajstić information content (AvgIpc) is 3.28. The normalized spacial score (nSPS) is 30.9. The molecule has 0 radical (unpaired) electrons. The topological polar surface area (TPSA) is 44.8 Å². The largest absolute Gasteiger partial charge is 0.468 e. The SMILES string of the molecule is CCNC(CN1CC(C)N(C)C(C)C1)(C(=O)OC)C1CC1. The van der Waals surface area contributed by atoms with E-state index < -0.39 is 5.54 Å². The molecule has 5 heteroatoms. The van der Waals surface area contributed by atoms with Gasteiger partial charge in [-0.15, -0.1) is 0 Å². The zero-order valence-corrected chi connectivity index (χ0v) is 14.2. The standard InChI is InChI=1S/C16H31N3O2/c1-6-17-16(14-7-8-14,15(20)21-5)11-19-9-12(2)18(4)13(3)10-19/h12-14,17H,6-11H2,1-5H3. The molecule has 3 unspecified atom stereocenters. The molecule has 0 bridgehead atoms. The first kappa shape index (κ1) is 16.7.